The number of hydrogen-bond donors (Lipinski definition) is 0. The third kappa shape index (κ3) is 3.22. The molecule has 0 N–H and O–H groups in total. The van der Waals surface area contributed by atoms with Crippen molar-refractivity contribution >= 4 is 22.0 Å². The van der Waals surface area contributed by atoms with E-state index in [4.69, 9.17) is 0 Å². The number of hydrogen-bond acceptors (Lipinski definition) is 1. The molecule has 0 amide bonds. The SMILES string of the molecule is C=Cc1ccc(C(N=[N+]=[N-])(c2ccccc2)c2ccc(Br)cc2)cc1. The van der Waals surface area contributed by atoms with E-state index < -0.39 is 5.54 Å². The molecule has 0 radical (unpaired) electrons. The minimum absolute atomic E-state index is 0.907. The van der Waals surface area contributed by atoms with Gasteiger partial charge in [-0.1, -0.05) is 100 Å². The standard InChI is InChI=1S/C21H16BrN3/c1-2-16-8-10-18(11-9-16)21(24-25-23,17-6-4-3-5-7-17)19-12-14-20(22)15-13-19/h2-15H,1H2. The maximum absolute atomic E-state index is 9.37. The zero-order chi connectivity index (χ0) is 17.7. The largest absolute Gasteiger partial charge is 0.124 e. The summed E-state index contributed by atoms with van der Waals surface area (Å²) in [6, 6.07) is 25.6. The third-order valence-corrected chi connectivity index (χ3v) is 4.74. The first kappa shape index (κ1) is 17.0. The molecule has 0 saturated heterocycles. The van der Waals surface area contributed by atoms with Gasteiger partial charge in [0, 0.05) is 9.38 Å². The van der Waals surface area contributed by atoms with Gasteiger partial charge in [0.05, 0.1) is 0 Å². The second kappa shape index (κ2) is 7.39. The van der Waals surface area contributed by atoms with E-state index in [-0.39, 0.29) is 0 Å². The summed E-state index contributed by atoms with van der Waals surface area (Å²) in [5.41, 5.74) is 12.2. The van der Waals surface area contributed by atoms with Gasteiger partial charge in [-0.2, -0.15) is 0 Å². The van der Waals surface area contributed by atoms with Gasteiger partial charge in [-0.25, -0.2) is 0 Å². The molecule has 0 aromatic heterocycles. The molecule has 25 heavy (non-hydrogen) atoms. The maximum atomic E-state index is 9.37. The molecule has 3 nitrogen and oxygen atoms in total. The van der Waals surface area contributed by atoms with Crippen LogP contribution in [0.2, 0.25) is 0 Å². The van der Waals surface area contributed by atoms with E-state index in [9.17, 15) is 5.53 Å². The molecule has 0 bridgehead atoms. The summed E-state index contributed by atoms with van der Waals surface area (Å²) in [5.74, 6) is 0. The number of benzene rings is 3. The van der Waals surface area contributed by atoms with E-state index in [1.54, 1.807) is 6.08 Å². The fourth-order valence-electron chi connectivity index (χ4n) is 2.97. The summed E-state index contributed by atoms with van der Waals surface area (Å²) < 4.78 is 0.973. The molecule has 0 aliphatic heterocycles. The second-order valence-corrected chi connectivity index (χ2v) is 6.51. The van der Waals surface area contributed by atoms with Crippen molar-refractivity contribution in [3.8, 4) is 0 Å². The molecule has 0 heterocycles. The molecule has 0 spiro atoms. The molecule has 0 saturated carbocycles. The van der Waals surface area contributed by atoms with E-state index in [1.165, 1.54) is 0 Å². The summed E-state index contributed by atoms with van der Waals surface area (Å²) in [5, 5.41) is 4.29. The van der Waals surface area contributed by atoms with Gasteiger partial charge < -0.3 is 0 Å². The number of rotatable bonds is 5. The van der Waals surface area contributed by atoms with Crippen LogP contribution in [-0.2, 0) is 5.54 Å². The Kier molecular flexibility index (Phi) is 5.03. The fourth-order valence-corrected chi connectivity index (χ4v) is 3.24. The van der Waals surface area contributed by atoms with Crippen LogP contribution < -0.4 is 0 Å². The highest BCUT2D eigenvalue weighted by Gasteiger charge is 2.35. The Morgan fingerprint density at radius 1 is 0.840 bits per heavy atom. The van der Waals surface area contributed by atoms with Crippen LogP contribution >= 0.6 is 15.9 Å². The number of halogens is 1. The molecule has 122 valence electrons. The Morgan fingerprint density at radius 3 is 1.88 bits per heavy atom. The lowest BCUT2D eigenvalue weighted by Gasteiger charge is -2.31. The first-order valence-electron chi connectivity index (χ1n) is 7.81. The molecule has 4 heteroatoms. The molecule has 3 aromatic rings. The molecule has 3 aromatic carbocycles. The predicted molar refractivity (Wildman–Crippen MR) is 106 cm³/mol. The third-order valence-electron chi connectivity index (χ3n) is 4.21. The van der Waals surface area contributed by atoms with Gasteiger partial charge in [-0.05, 0) is 39.9 Å². The van der Waals surface area contributed by atoms with Crippen LogP contribution in [0.15, 0.2) is 95.0 Å². The highest BCUT2D eigenvalue weighted by molar-refractivity contribution is 9.10. The lowest BCUT2D eigenvalue weighted by atomic mass is 9.77. The topological polar surface area (TPSA) is 48.8 Å². The molecule has 1 unspecified atom stereocenters. The summed E-state index contributed by atoms with van der Waals surface area (Å²) in [4.78, 5) is 3.20. The molecule has 3 rings (SSSR count). The maximum Gasteiger partial charge on any atom is 0.124 e. The van der Waals surface area contributed by atoms with Gasteiger partial charge in [-0.3, -0.25) is 0 Å². The van der Waals surface area contributed by atoms with Crippen LogP contribution in [0.5, 0.6) is 0 Å². The van der Waals surface area contributed by atoms with Crippen molar-refractivity contribution in [1.29, 1.82) is 0 Å². The normalized spacial score (nSPS) is 12.7. The van der Waals surface area contributed by atoms with Crippen LogP contribution in [0.4, 0.5) is 0 Å². The van der Waals surface area contributed by atoms with Crippen molar-refractivity contribution in [3.63, 3.8) is 0 Å². The van der Waals surface area contributed by atoms with Crippen LogP contribution in [0, 0.1) is 0 Å². The second-order valence-electron chi connectivity index (χ2n) is 5.60. The van der Waals surface area contributed by atoms with Crippen LogP contribution in [0.25, 0.3) is 16.5 Å². The van der Waals surface area contributed by atoms with E-state index in [0.29, 0.717) is 0 Å². The minimum atomic E-state index is -0.934. The van der Waals surface area contributed by atoms with Crippen molar-refractivity contribution in [2.45, 2.75) is 5.54 Å². The summed E-state index contributed by atoms with van der Waals surface area (Å²) in [6.45, 7) is 3.80. The number of nitrogens with zero attached hydrogens (tertiary/aromatic N) is 3. The average molecular weight is 390 g/mol. The predicted octanol–water partition coefficient (Wildman–Crippen LogP) is 6.69. The fraction of sp³-hybridized carbons (Fsp3) is 0.0476. The van der Waals surface area contributed by atoms with Crippen LogP contribution in [0.3, 0.4) is 0 Å². The Hall–Kier alpha value is -2.81. The van der Waals surface area contributed by atoms with Gasteiger partial charge in [0.2, 0.25) is 0 Å². The molecule has 1 atom stereocenters. The lowest BCUT2D eigenvalue weighted by molar-refractivity contribution is 0.647. The Labute approximate surface area is 155 Å². The van der Waals surface area contributed by atoms with Gasteiger partial charge in [0.1, 0.15) is 5.54 Å². The molecule has 0 aliphatic rings. The zero-order valence-corrected chi connectivity index (χ0v) is 15.1. The van der Waals surface area contributed by atoms with Gasteiger partial charge in [0.25, 0.3) is 0 Å². The van der Waals surface area contributed by atoms with Crippen molar-refractivity contribution in [1.82, 2.24) is 0 Å². The smallest absolute Gasteiger partial charge is 0.0985 e. The van der Waals surface area contributed by atoms with Crippen LogP contribution in [-0.4, -0.2) is 0 Å². The zero-order valence-electron chi connectivity index (χ0n) is 13.5. The average Bonchev–Trinajstić information content (AvgIpc) is 2.68. The Morgan fingerprint density at radius 2 is 1.36 bits per heavy atom. The number of azide groups is 1. The van der Waals surface area contributed by atoms with E-state index >= 15 is 0 Å². The summed E-state index contributed by atoms with van der Waals surface area (Å²) >= 11 is 3.47. The Balaban J connectivity index is 2.33. The van der Waals surface area contributed by atoms with Gasteiger partial charge >= 0.3 is 0 Å². The van der Waals surface area contributed by atoms with Crippen molar-refractivity contribution < 1.29 is 0 Å². The van der Waals surface area contributed by atoms with E-state index in [0.717, 1.165) is 26.7 Å². The van der Waals surface area contributed by atoms with Crippen molar-refractivity contribution in [2.75, 3.05) is 0 Å². The van der Waals surface area contributed by atoms with E-state index in [1.807, 2.05) is 78.9 Å². The van der Waals surface area contributed by atoms with E-state index in [2.05, 4.69) is 32.5 Å². The van der Waals surface area contributed by atoms with Gasteiger partial charge in [0.15, 0.2) is 0 Å². The quantitative estimate of drug-likeness (QED) is 0.202. The molecule has 0 fully saturated rings. The Bertz CT molecular complexity index is 912. The van der Waals surface area contributed by atoms with Gasteiger partial charge in [-0.15, -0.1) is 0 Å². The highest BCUT2D eigenvalue weighted by atomic mass is 79.9. The first-order valence-corrected chi connectivity index (χ1v) is 8.61. The molecular weight excluding hydrogens is 374 g/mol. The monoisotopic (exact) mass is 389 g/mol. The van der Waals surface area contributed by atoms with Crippen LogP contribution in [0.1, 0.15) is 22.3 Å². The summed E-state index contributed by atoms with van der Waals surface area (Å²) in [7, 11) is 0. The first-order chi connectivity index (χ1) is 12.2. The molecular formula is C21H16BrN3. The van der Waals surface area contributed by atoms with Crippen molar-refractivity contribution in [2.24, 2.45) is 5.11 Å². The lowest BCUT2D eigenvalue weighted by Crippen LogP contribution is -2.26. The molecule has 0 aliphatic carbocycles. The van der Waals surface area contributed by atoms with Crippen molar-refractivity contribution in [3.05, 3.63) is 123 Å². The highest BCUT2D eigenvalue weighted by Crippen LogP contribution is 2.41. The summed E-state index contributed by atoms with van der Waals surface area (Å²) in [6.07, 6.45) is 1.79. The minimum Gasteiger partial charge on any atom is -0.0985 e.